The van der Waals surface area contributed by atoms with Crippen LogP contribution >= 0.6 is 11.3 Å². The van der Waals surface area contributed by atoms with E-state index in [2.05, 4.69) is 131 Å². The van der Waals surface area contributed by atoms with Crippen molar-refractivity contribution >= 4 is 54.9 Å². The maximum Gasteiger partial charge on any atom is 0.494 e. The second kappa shape index (κ2) is 8.54. The van der Waals surface area contributed by atoms with Gasteiger partial charge in [-0.1, -0.05) is 97.1 Å². The van der Waals surface area contributed by atoms with Crippen molar-refractivity contribution in [2.75, 3.05) is 0 Å². The molecule has 0 spiro atoms. The molecule has 0 aliphatic carbocycles. The van der Waals surface area contributed by atoms with E-state index in [9.17, 15) is 0 Å². The minimum absolute atomic E-state index is 0.380. The van der Waals surface area contributed by atoms with Crippen LogP contribution in [0.4, 0.5) is 0 Å². The first kappa shape index (κ1) is 23.7. The van der Waals surface area contributed by atoms with Gasteiger partial charge in [-0.05, 0) is 66.9 Å². The largest absolute Gasteiger partial charge is 0.494 e. The van der Waals surface area contributed by atoms with Gasteiger partial charge in [-0.3, -0.25) is 0 Å². The zero-order chi connectivity index (χ0) is 26.1. The Labute approximate surface area is 228 Å². The standard InChI is InChI=1S/C34H29BO2S/c1-33(2)34(3,4)37-35(36-33)24-19-20-28-27(21-24)31-30(23-15-9-6-10-16-23)29(22-13-7-5-8-14-22)25-17-11-12-18-26(25)32(31)38-28/h5-21H,1-4H3. The molecular formula is C34H29BO2S. The average Bonchev–Trinajstić information content (AvgIpc) is 3.41. The van der Waals surface area contributed by atoms with Crippen molar-refractivity contribution in [2.45, 2.75) is 38.9 Å². The fourth-order valence-electron chi connectivity index (χ4n) is 5.64. The third-order valence-electron chi connectivity index (χ3n) is 8.30. The molecule has 38 heavy (non-hydrogen) atoms. The highest BCUT2D eigenvalue weighted by Gasteiger charge is 2.51. The summed E-state index contributed by atoms with van der Waals surface area (Å²) >= 11 is 1.87. The number of benzene rings is 5. The van der Waals surface area contributed by atoms with Gasteiger partial charge < -0.3 is 9.31 Å². The van der Waals surface area contributed by atoms with Crippen LogP contribution in [0.5, 0.6) is 0 Å². The van der Waals surface area contributed by atoms with Crippen molar-refractivity contribution in [2.24, 2.45) is 0 Å². The topological polar surface area (TPSA) is 18.5 Å². The van der Waals surface area contributed by atoms with E-state index in [-0.39, 0.29) is 11.2 Å². The first-order valence-corrected chi connectivity index (χ1v) is 14.0. The number of fused-ring (bicyclic) bond motifs is 5. The lowest BCUT2D eigenvalue weighted by Gasteiger charge is -2.32. The molecule has 1 saturated heterocycles. The van der Waals surface area contributed by atoms with Crippen LogP contribution in [0.1, 0.15) is 27.7 Å². The van der Waals surface area contributed by atoms with Gasteiger partial charge in [0.05, 0.1) is 11.2 Å². The number of thiophene rings is 1. The molecule has 0 amide bonds. The molecule has 4 heteroatoms. The molecule has 0 atom stereocenters. The Morgan fingerprint density at radius 2 is 1.13 bits per heavy atom. The molecule has 0 bridgehead atoms. The van der Waals surface area contributed by atoms with Gasteiger partial charge in [-0.25, -0.2) is 0 Å². The molecule has 5 aromatic carbocycles. The van der Waals surface area contributed by atoms with Gasteiger partial charge in [0.1, 0.15) is 0 Å². The van der Waals surface area contributed by atoms with Crippen molar-refractivity contribution in [3.63, 3.8) is 0 Å². The lowest BCUT2D eigenvalue weighted by Crippen LogP contribution is -2.41. The van der Waals surface area contributed by atoms with Crippen LogP contribution in [0.2, 0.25) is 0 Å². The maximum absolute atomic E-state index is 6.45. The zero-order valence-corrected chi connectivity index (χ0v) is 22.9. The van der Waals surface area contributed by atoms with Gasteiger partial charge in [-0.2, -0.15) is 0 Å². The van der Waals surface area contributed by atoms with E-state index in [4.69, 9.17) is 9.31 Å². The fraction of sp³-hybridized carbons (Fsp3) is 0.176. The molecule has 2 nitrogen and oxygen atoms in total. The van der Waals surface area contributed by atoms with E-state index in [0.717, 1.165) is 5.46 Å². The summed E-state index contributed by atoms with van der Waals surface area (Å²) in [5.74, 6) is 0. The maximum atomic E-state index is 6.45. The smallest absolute Gasteiger partial charge is 0.399 e. The third kappa shape index (κ3) is 3.55. The molecule has 186 valence electrons. The highest BCUT2D eigenvalue weighted by Crippen LogP contribution is 2.49. The molecule has 6 aromatic rings. The van der Waals surface area contributed by atoms with Crippen molar-refractivity contribution in [1.82, 2.24) is 0 Å². The van der Waals surface area contributed by atoms with E-state index in [1.165, 1.54) is 53.2 Å². The quantitative estimate of drug-likeness (QED) is 0.221. The molecule has 1 aliphatic rings. The van der Waals surface area contributed by atoms with Crippen LogP contribution in [0.25, 0.3) is 53.2 Å². The minimum atomic E-state index is -0.395. The predicted molar refractivity (Wildman–Crippen MR) is 163 cm³/mol. The lowest BCUT2D eigenvalue weighted by molar-refractivity contribution is 0.00578. The first-order valence-electron chi connectivity index (χ1n) is 13.2. The Balaban J connectivity index is 1.60. The Bertz CT molecular complexity index is 1800. The first-order chi connectivity index (χ1) is 18.3. The Kier molecular flexibility index (Phi) is 5.32. The van der Waals surface area contributed by atoms with E-state index in [1.807, 2.05) is 11.3 Å². The van der Waals surface area contributed by atoms with Crippen LogP contribution < -0.4 is 5.46 Å². The average molecular weight is 512 g/mol. The van der Waals surface area contributed by atoms with Crippen LogP contribution in [0.15, 0.2) is 103 Å². The van der Waals surface area contributed by atoms with Gasteiger partial charge in [0, 0.05) is 25.6 Å². The monoisotopic (exact) mass is 512 g/mol. The third-order valence-corrected chi connectivity index (χ3v) is 9.51. The summed E-state index contributed by atoms with van der Waals surface area (Å²) in [4.78, 5) is 0. The second-order valence-corrected chi connectivity index (χ2v) is 12.2. The summed E-state index contributed by atoms with van der Waals surface area (Å²) in [7, 11) is -0.395. The summed E-state index contributed by atoms with van der Waals surface area (Å²) < 4.78 is 15.5. The molecule has 1 aromatic heterocycles. The van der Waals surface area contributed by atoms with E-state index in [0.29, 0.717) is 0 Å². The van der Waals surface area contributed by atoms with Crippen LogP contribution in [0, 0.1) is 0 Å². The number of hydrogen-bond donors (Lipinski definition) is 0. The van der Waals surface area contributed by atoms with Gasteiger partial charge in [0.25, 0.3) is 0 Å². The van der Waals surface area contributed by atoms with Crippen LogP contribution in [-0.4, -0.2) is 18.3 Å². The molecule has 7 rings (SSSR count). The molecule has 1 aliphatic heterocycles. The Morgan fingerprint density at radius 1 is 0.579 bits per heavy atom. The van der Waals surface area contributed by atoms with Crippen molar-refractivity contribution in [1.29, 1.82) is 0 Å². The summed E-state index contributed by atoms with van der Waals surface area (Å²) in [5.41, 5.74) is 5.31. The zero-order valence-electron chi connectivity index (χ0n) is 22.1. The molecule has 1 fully saturated rings. The summed E-state index contributed by atoms with van der Waals surface area (Å²) in [6.07, 6.45) is 0. The van der Waals surface area contributed by atoms with E-state index >= 15 is 0 Å². The normalized spacial score (nSPS) is 16.6. The van der Waals surface area contributed by atoms with E-state index < -0.39 is 7.12 Å². The summed E-state index contributed by atoms with van der Waals surface area (Å²) in [6.45, 7) is 8.43. The minimum Gasteiger partial charge on any atom is -0.399 e. The van der Waals surface area contributed by atoms with Gasteiger partial charge >= 0.3 is 7.12 Å². The SMILES string of the molecule is CC1(C)OB(c2ccc3sc4c5ccccc5c(-c5ccccc5)c(-c5ccccc5)c4c3c2)OC1(C)C. The molecule has 2 heterocycles. The van der Waals surface area contributed by atoms with E-state index in [1.54, 1.807) is 0 Å². The van der Waals surface area contributed by atoms with Gasteiger partial charge in [0.15, 0.2) is 0 Å². The van der Waals surface area contributed by atoms with Gasteiger partial charge in [-0.15, -0.1) is 11.3 Å². The van der Waals surface area contributed by atoms with Crippen LogP contribution in [-0.2, 0) is 9.31 Å². The molecular weight excluding hydrogens is 483 g/mol. The number of hydrogen-bond acceptors (Lipinski definition) is 3. The fourth-order valence-corrected chi connectivity index (χ4v) is 6.86. The second-order valence-electron chi connectivity index (χ2n) is 11.2. The highest BCUT2D eigenvalue weighted by molar-refractivity contribution is 7.26. The highest BCUT2D eigenvalue weighted by atomic mass is 32.1. The predicted octanol–water partition coefficient (Wildman–Crippen LogP) is 8.84. The van der Waals surface area contributed by atoms with Crippen LogP contribution in [0.3, 0.4) is 0 Å². The molecule has 0 radical (unpaired) electrons. The lowest BCUT2D eigenvalue weighted by atomic mass is 9.78. The summed E-state index contributed by atoms with van der Waals surface area (Å²) in [6, 6.07) is 37.2. The van der Waals surface area contributed by atoms with Crippen molar-refractivity contribution in [3.05, 3.63) is 103 Å². The molecule has 0 saturated carbocycles. The Hall–Kier alpha value is -3.44. The molecule has 0 unspecified atom stereocenters. The van der Waals surface area contributed by atoms with Gasteiger partial charge in [0.2, 0.25) is 0 Å². The number of rotatable bonds is 3. The van der Waals surface area contributed by atoms with Crippen molar-refractivity contribution < 1.29 is 9.31 Å². The Morgan fingerprint density at radius 3 is 1.76 bits per heavy atom. The van der Waals surface area contributed by atoms with Crippen molar-refractivity contribution in [3.8, 4) is 22.3 Å². The summed E-state index contributed by atoms with van der Waals surface area (Å²) in [5, 5.41) is 5.12. The molecule has 0 N–H and O–H groups in total.